The summed E-state index contributed by atoms with van der Waals surface area (Å²) in [6.07, 6.45) is 1.69. The van der Waals surface area contributed by atoms with E-state index in [4.69, 9.17) is 5.73 Å². The Labute approximate surface area is 80.0 Å². The van der Waals surface area contributed by atoms with Gasteiger partial charge in [-0.1, -0.05) is 6.07 Å². The van der Waals surface area contributed by atoms with Crippen LogP contribution < -0.4 is 5.73 Å². The number of aromatic nitrogens is 3. The van der Waals surface area contributed by atoms with E-state index in [9.17, 15) is 4.79 Å². The average molecular weight is 199 g/mol. The standard InChI is InChI=1S/C7H6N4O.ClH/c8-6(12)7-10-9-5-3-1-2-4-11(5)7;/h1-4H,(H2,8,12);1H. The van der Waals surface area contributed by atoms with Crippen LogP contribution in [0.15, 0.2) is 24.4 Å². The summed E-state index contributed by atoms with van der Waals surface area (Å²) in [4.78, 5) is 10.8. The van der Waals surface area contributed by atoms with Gasteiger partial charge in [-0.15, -0.1) is 22.6 Å². The minimum atomic E-state index is -0.575. The fourth-order valence-electron chi connectivity index (χ4n) is 1.01. The first kappa shape index (κ1) is 9.47. The molecule has 68 valence electrons. The van der Waals surface area contributed by atoms with Crippen LogP contribution in [0.2, 0.25) is 0 Å². The lowest BCUT2D eigenvalue weighted by Crippen LogP contribution is -2.14. The lowest BCUT2D eigenvalue weighted by Gasteiger charge is -1.92. The van der Waals surface area contributed by atoms with Crippen molar-refractivity contribution in [1.82, 2.24) is 14.6 Å². The Balaban J connectivity index is 0.000000845. The van der Waals surface area contributed by atoms with Gasteiger partial charge in [0.25, 0.3) is 5.91 Å². The van der Waals surface area contributed by atoms with E-state index in [-0.39, 0.29) is 18.2 Å². The number of rotatable bonds is 1. The molecular formula is C7H7ClN4O. The van der Waals surface area contributed by atoms with Gasteiger partial charge >= 0.3 is 0 Å². The quantitative estimate of drug-likeness (QED) is 0.714. The molecule has 0 atom stereocenters. The van der Waals surface area contributed by atoms with Gasteiger partial charge in [-0.05, 0) is 12.1 Å². The van der Waals surface area contributed by atoms with Gasteiger partial charge in [0.1, 0.15) is 0 Å². The van der Waals surface area contributed by atoms with E-state index in [1.807, 2.05) is 6.07 Å². The van der Waals surface area contributed by atoms with Crippen molar-refractivity contribution in [3.63, 3.8) is 0 Å². The van der Waals surface area contributed by atoms with E-state index in [1.165, 1.54) is 0 Å². The molecule has 1 amide bonds. The smallest absolute Gasteiger partial charge is 0.287 e. The molecule has 13 heavy (non-hydrogen) atoms. The first-order valence-electron chi connectivity index (χ1n) is 3.38. The van der Waals surface area contributed by atoms with Gasteiger partial charge in [0.05, 0.1) is 0 Å². The minimum Gasteiger partial charge on any atom is -0.363 e. The average Bonchev–Trinajstić information content (AvgIpc) is 2.47. The third-order valence-electron chi connectivity index (χ3n) is 1.53. The Bertz CT molecular complexity index is 439. The number of hydrogen-bond donors (Lipinski definition) is 1. The first-order chi connectivity index (χ1) is 5.79. The zero-order chi connectivity index (χ0) is 8.55. The van der Waals surface area contributed by atoms with Crippen molar-refractivity contribution in [2.75, 3.05) is 0 Å². The van der Waals surface area contributed by atoms with Gasteiger partial charge in [0.15, 0.2) is 5.65 Å². The van der Waals surface area contributed by atoms with E-state index in [0.717, 1.165) is 0 Å². The van der Waals surface area contributed by atoms with Crippen LogP contribution in [0.4, 0.5) is 0 Å². The zero-order valence-corrected chi connectivity index (χ0v) is 7.36. The number of primary amides is 1. The summed E-state index contributed by atoms with van der Waals surface area (Å²) >= 11 is 0. The third-order valence-corrected chi connectivity index (χ3v) is 1.53. The van der Waals surface area contributed by atoms with Crippen LogP contribution in [0, 0.1) is 0 Å². The second-order valence-corrected chi connectivity index (χ2v) is 2.32. The molecular weight excluding hydrogens is 192 g/mol. The molecule has 0 aliphatic heterocycles. The highest BCUT2D eigenvalue weighted by Crippen LogP contribution is 2.00. The van der Waals surface area contributed by atoms with E-state index in [0.29, 0.717) is 5.65 Å². The summed E-state index contributed by atoms with van der Waals surface area (Å²) < 4.78 is 1.54. The SMILES string of the molecule is Cl.NC(=O)c1nnc2ccccn12. The molecule has 2 N–H and O–H groups in total. The number of amides is 1. The van der Waals surface area contributed by atoms with Gasteiger partial charge in [-0.25, -0.2) is 0 Å². The predicted octanol–water partition coefficient (Wildman–Crippen LogP) is 0.250. The number of carbonyl (C=O) groups is 1. The molecule has 0 unspecified atom stereocenters. The normalized spacial score (nSPS) is 9.54. The van der Waals surface area contributed by atoms with E-state index < -0.39 is 5.91 Å². The number of carbonyl (C=O) groups excluding carboxylic acids is 1. The topological polar surface area (TPSA) is 73.3 Å². The highest BCUT2D eigenvalue weighted by molar-refractivity contribution is 5.89. The van der Waals surface area contributed by atoms with Crippen molar-refractivity contribution >= 4 is 24.0 Å². The van der Waals surface area contributed by atoms with Crippen LogP contribution in [0.5, 0.6) is 0 Å². The molecule has 2 heterocycles. The lowest BCUT2D eigenvalue weighted by atomic mass is 10.4. The summed E-state index contributed by atoms with van der Waals surface area (Å²) in [5, 5.41) is 7.39. The van der Waals surface area contributed by atoms with Crippen molar-refractivity contribution in [1.29, 1.82) is 0 Å². The van der Waals surface area contributed by atoms with Crippen molar-refractivity contribution in [2.45, 2.75) is 0 Å². The molecule has 5 nitrogen and oxygen atoms in total. The van der Waals surface area contributed by atoms with Gasteiger partial charge in [0.2, 0.25) is 5.82 Å². The molecule has 0 bridgehead atoms. The van der Waals surface area contributed by atoms with Gasteiger partial charge in [-0.2, -0.15) is 0 Å². The Morgan fingerprint density at radius 3 is 2.85 bits per heavy atom. The molecule has 0 spiro atoms. The molecule has 0 fully saturated rings. The van der Waals surface area contributed by atoms with E-state index >= 15 is 0 Å². The maximum absolute atomic E-state index is 10.8. The molecule has 2 aromatic rings. The second-order valence-electron chi connectivity index (χ2n) is 2.32. The number of halogens is 1. The summed E-state index contributed by atoms with van der Waals surface area (Å²) in [5.74, 6) is -0.417. The van der Waals surface area contributed by atoms with Crippen molar-refractivity contribution in [2.24, 2.45) is 5.73 Å². The number of nitrogens with two attached hydrogens (primary N) is 1. The van der Waals surface area contributed by atoms with Crippen LogP contribution in [0.3, 0.4) is 0 Å². The molecule has 2 aromatic heterocycles. The molecule has 0 saturated heterocycles. The molecule has 0 aliphatic rings. The number of pyridine rings is 1. The number of hydrogen-bond acceptors (Lipinski definition) is 3. The third kappa shape index (κ3) is 1.46. The monoisotopic (exact) mass is 198 g/mol. The number of fused-ring (bicyclic) bond motifs is 1. The minimum absolute atomic E-state index is 0. The molecule has 2 rings (SSSR count). The Morgan fingerprint density at radius 2 is 2.15 bits per heavy atom. The number of nitrogens with zero attached hydrogens (tertiary/aromatic N) is 3. The van der Waals surface area contributed by atoms with Crippen molar-refractivity contribution < 1.29 is 4.79 Å². The second kappa shape index (κ2) is 3.40. The highest BCUT2D eigenvalue weighted by atomic mass is 35.5. The lowest BCUT2D eigenvalue weighted by molar-refractivity contribution is 0.0989. The summed E-state index contributed by atoms with van der Waals surface area (Å²) in [6, 6.07) is 5.34. The molecule has 0 aliphatic carbocycles. The summed E-state index contributed by atoms with van der Waals surface area (Å²) in [7, 11) is 0. The predicted molar refractivity (Wildman–Crippen MR) is 48.8 cm³/mol. The maximum atomic E-state index is 10.8. The van der Waals surface area contributed by atoms with Crippen LogP contribution in [-0.2, 0) is 0 Å². The molecule has 6 heteroatoms. The fourth-order valence-corrected chi connectivity index (χ4v) is 1.01. The Morgan fingerprint density at radius 1 is 1.38 bits per heavy atom. The van der Waals surface area contributed by atoms with Gasteiger partial charge < -0.3 is 5.73 Å². The van der Waals surface area contributed by atoms with Crippen molar-refractivity contribution in [3.05, 3.63) is 30.2 Å². The van der Waals surface area contributed by atoms with Crippen molar-refractivity contribution in [3.8, 4) is 0 Å². The van der Waals surface area contributed by atoms with E-state index in [2.05, 4.69) is 10.2 Å². The summed E-state index contributed by atoms with van der Waals surface area (Å²) in [5.41, 5.74) is 5.68. The Hall–Kier alpha value is -1.62. The van der Waals surface area contributed by atoms with Crippen LogP contribution in [0.1, 0.15) is 10.6 Å². The highest BCUT2D eigenvalue weighted by Gasteiger charge is 2.08. The molecule has 0 saturated carbocycles. The first-order valence-corrected chi connectivity index (χ1v) is 3.38. The summed E-state index contributed by atoms with van der Waals surface area (Å²) in [6.45, 7) is 0. The molecule has 0 radical (unpaired) electrons. The van der Waals surface area contributed by atoms with E-state index in [1.54, 1.807) is 22.7 Å². The largest absolute Gasteiger partial charge is 0.363 e. The Kier molecular flexibility index (Phi) is 2.48. The van der Waals surface area contributed by atoms with Gasteiger partial charge in [0, 0.05) is 6.20 Å². The van der Waals surface area contributed by atoms with Crippen LogP contribution in [0.25, 0.3) is 5.65 Å². The maximum Gasteiger partial charge on any atom is 0.287 e. The van der Waals surface area contributed by atoms with Crippen LogP contribution in [-0.4, -0.2) is 20.5 Å². The fraction of sp³-hybridized carbons (Fsp3) is 0. The van der Waals surface area contributed by atoms with Gasteiger partial charge in [-0.3, -0.25) is 9.20 Å². The molecule has 0 aromatic carbocycles. The zero-order valence-electron chi connectivity index (χ0n) is 6.54. The van der Waals surface area contributed by atoms with Crippen LogP contribution >= 0.6 is 12.4 Å².